The Hall–Kier alpha value is -1.85. The fourth-order valence-electron chi connectivity index (χ4n) is 4.89. The SMILES string of the molecule is CC(=O)O[C@H]1C[C@@H](OC(C)=O)[C@]2(C)CC[C@@H]3[C@H](C)C(=O)O[C@@H]3C2=C1C. The van der Waals surface area contributed by atoms with Crippen molar-refractivity contribution in [3.63, 3.8) is 0 Å². The van der Waals surface area contributed by atoms with E-state index in [2.05, 4.69) is 6.92 Å². The molecule has 0 radical (unpaired) electrons. The van der Waals surface area contributed by atoms with E-state index in [1.165, 1.54) is 13.8 Å². The number of carbonyl (C=O) groups is 3. The van der Waals surface area contributed by atoms with Crippen LogP contribution in [-0.4, -0.2) is 36.2 Å². The van der Waals surface area contributed by atoms with Crippen LogP contribution in [0.5, 0.6) is 0 Å². The topological polar surface area (TPSA) is 78.9 Å². The van der Waals surface area contributed by atoms with E-state index < -0.39 is 17.6 Å². The number of fused-ring (bicyclic) bond motifs is 3. The van der Waals surface area contributed by atoms with Gasteiger partial charge in [0.25, 0.3) is 0 Å². The lowest BCUT2D eigenvalue weighted by Gasteiger charge is -2.51. The van der Waals surface area contributed by atoms with Gasteiger partial charge in [-0.1, -0.05) is 13.8 Å². The maximum absolute atomic E-state index is 12.1. The molecule has 1 aliphatic heterocycles. The Morgan fingerprint density at radius 1 is 1.20 bits per heavy atom. The van der Waals surface area contributed by atoms with Crippen molar-refractivity contribution in [2.75, 3.05) is 0 Å². The minimum absolute atomic E-state index is 0.125. The van der Waals surface area contributed by atoms with Gasteiger partial charge in [0.05, 0.1) is 5.92 Å². The first-order valence-corrected chi connectivity index (χ1v) is 8.91. The molecule has 0 N–H and O–H groups in total. The van der Waals surface area contributed by atoms with Crippen LogP contribution in [0.25, 0.3) is 0 Å². The lowest BCUT2D eigenvalue weighted by molar-refractivity contribution is -0.162. The third-order valence-corrected chi connectivity index (χ3v) is 6.21. The average molecular weight is 350 g/mol. The highest BCUT2D eigenvalue weighted by atomic mass is 16.6. The van der Waals surface area contributed by atoms with E-state index in [9.17, 15) is 14.4 Å². The molecule has 2 aliphatic carbocycles. The molecule has 6 nitrogen and oxygen atoms in total. The van der Waals surface area contributed by atoms with Gasteiger partial charge in [-0.3, -0.25) is 14.4 Å². The van der Waals surface area contributed by atoms with E-state index in [-0.39, 0.29) is 35.8 Å². The van der Waals surface area contributed by atoms with E-state index in [4.69, 9.17) is 14.2 Å². The zero-order valence-corrected chi connectivity index (χ0v) is 15.5. The summed E-state index contributed by atoms with van der Waals surface area (Å²) in [6.07, 6.45) is 0.916. The number of hydrogen-bond donors (Lipinski definition) is 0. The van der Waals surface area contributed by atoms with Crippen LogP contribution in [0.3, 0.4) is 0 Å². The summed E-state index contributed by atoms with van der Waals surface area (Å²) in [5, 5.41) is 0. The standard InChI is InChI=1S/C19H26O6/c1-9-13-6-7-19(5)15(24-12(4)21)8-14(23-11(3)20)10(2)16(19)17(13)25-18(9)22/h9,13-15,17H,6-8H2,1-5H3/t9-,13+,14-,15+,17-,19-/m0/s1. The lowest BCUT2D eigenvalue weighted by atomic mass is 9.57. The molecule has 0 unspecified atom stereocenters. The molecular formula is C19H26O6. The van der Waals surface area contributed by atoms with Crippen molar-refractivity contribution in [2.45, 2.75) is 72.2 Å². The van der Waals surface area contributed by atoms with Gasteiger partial charge in [-0.25, -0.2) is 0 Å². The van der Waals surface area contributed by atoms with E-state index in [1.54, 1.807) is 0 Å². The minimum Gasteiger partial charge on any atom is -0.461 e. The smallest absolute Gasteiger partial charge is 0.309 e. The van der Waals surface area contributed by atoms with Gasteiger partial charge in [0.15, 0.2) is 0 Å². The maximum Gasteiger partial charge on any atom is 0.309 e. The summed E-state index contributed by atoms with van der Waals surface area (Å²) >= 11 is 0. The quantitative estimate of drug-likeness (QED) is 0.433. The maximum atomic E-state index is 12.1. The van der Waals surface area contributed by atoms with Gasteiger partial charge in [-0.15, -0.1) is 0 Å². The third-order valence-electron chi connectivity index (χ3n) is 6.21. The predicted molar refractivity (Wildman–Crippen MR) is 88.3 cm³/mol. The number of ether oxygens (including phenoxy) is 3. The van der Waals surface area contributed by atoms with Gasteiger partial charge in [0.1, 0.15) is 18.3 Å². The highest BCUT2D eigenvalue weighted by Gasteiger charge is 2.58. The minimum atomic E-state index is -0.460. The van der Waals surface area contributed by atoms with Gasteiger partial charge >= 0.3 is 17.9 Å². The molecule has 1 saturated carbocycles. The summed E-state index contributed by atoms with van der Waals surface area (Å²) in [5.74, 6) is -0.932. The van der Waals surface area contributed by atoms with Crippen LogP contribution >= 0.6 is 0 Å². The fraction of sp³-hybridized carbons (Fsp3) is 0.737. The highest BCUT2D eigenvalue weighted by molar-refractivity contribution is 5.76. The first-order valence-electron chi connectivity index (χ1n) is 8.91. The first-order chi connectivity index (χ1) is 11.6. The van der Waals surface area contributed by atoms with Crippen LogP contribution < -0.4 is 0 Å². The average Bonchev–Trinajstić information content (AvgIpc) is 2.78. The lowest BCUT2D eigenvalue weighted by Crippen LogP contribution is -2.52. The van der Waals surface area contributed by atoms with Crippen LogP contribution in [0.15, 0.2) is 11.1 Å². The molecule has 1 saturated heterocycles. The molecule has 6 heteroatoms. The molecule has 138 valence electrons. The largest absolute Gasteiger partial charge is 0.461 e. The van der Waals surface area contributed by atoms with E-state index >= 15 is 0 Å². The van der Waals surface area contributed by atoms with Crippen LogP contribution in [0.2, 0.25) is 0 Å². The summed E-state index contributed by atoms with van der Waals surface area (Å²) in [7, 11) is 0. The Kier molecular flexibility index (Phi) is 4.41. The number of carbonyl (C=O) groups excluding carboxylic acids is 3. The molecule has 25 heavy (non-hydrogen) atoms. The van der Waals surface area contributed by atoms with Crippen molar-refractivity contribution in [1.29, 1.82) is 0 Å². The molecule has 1 heterocycles. The van der Waals surface area contributed by atoms with Crippen LogP contribution in [-0.2, 0) is 28.6 Å². The number of rotatable bonds is 2. The first kappa shape index (κ1) is 18.0. The zero-order valence-electron chi connectivity index (χ0n) is 15.5. The van der Waals surface area contributed by atoms with Gasteiger partial charge in [0.2, 0.25) is 0 Å². The number of esters is 3. The molecule has 0 aromatic heterocycles. The molecule has 0 spiro atoms. The molecule has 3 rings (SSSR count). The van der Waals surface area contributed by atoms with Crippen LogP contribution in [0, 0.1) is 17.3 Å². The highest BCUT2D eigenvalue weighted by Crippen LogP contribution is 2.56. The Labute approximate surface area is 147 Å². The molecule has 0 aromatic rings. The summed E-state index contributed by atoms with van der Waals surface area (Å²) in [6.45, 7) is 8.66. The van der Waals surface area contributed by atoms with Gasteiger partial charge in [-0.2, -0.15) is 0 Å². The zero-order chi connectivity index (χ0) is 18.5. The van der Waals surface area contributed by atoms with Crippen molar-refractivity contribution in [2.24, 2.45) is 17.3 Å². The molecule has 3 aliphatic rings. The molecule has 6 atom stereocenters. The molecular weight excluding hydrogens is 324 g/mol. The Morgan fingerprint density at radius 2 is 1.84 bits per heavy atom. The molecule has 0 bridgehead atoms. The van der Waals surface area contributed by atoms with E-state index in [0.717, 1.165) is 24.0 Å². The second-order valence-electron chi connectivity index (χ2n) is 7.79. The molecule has 2 fully saturated rings. The number of hydrogen-bond acceptors (Lipinski definition) is 6. The summed E-state index contributed by atoms with van der Waals surface area (Å²) in [6, 6.07) is 0. The van der Waals surface area contributed by atoms with Crippen molar-refractivity contribution in [3.8, 4) is 0 Å². The van der Waals surface area contributed by atoms with Crippen molar-refractivity contribution < 1.29 is 28.6 Å². The second kappa shape index (κ2) is 6.15. The monoisotopic (exact) mass is 350 g/mol. The Balaban J connectivity index is 2.06. The summed E-state index contributed by atoms with van der Waals surface area (Å²) < 4.78 is 16.8. The molecule has 0 aromatic carbocycles. The normalized spacial score (nSPS) is 40.0. The van der Waals surface area contributed by atoms with Gasteiger partial charge in [0, 0.05) is 31.6 Å². The summed E-state index contributed by atoms with van der Waals surface area (Å²) in [4.78, 5) is 35.3. The van der Waals surface area contributed by atoms with Crippen molar-refractivity contribution in [1.82, 2.24) is 0 Å². The predicted octanol–water partition coefficient (Wildman–Crippen LogP) is 2.55. The van der Waals surface area contributed by atoms with Crippen molar-refractivity contribution in [3.05, 3.63) is 11.1 Å². The van der Waals surface area contributed by atoms with Gasteiger partial charge < -0.3 is 14.2 Å². The van der Waals surface area contributed by atoms with E-state index in [1.807, 2.05) is 13.8 Å². The van der Waals surface area contributed by atoms with Crippen LogP contribution in [0.4, 0.5) is 0 Å². The van der Waals surface area contributed by atoms with Gasteiger partial charge in [-0.05, 0) is 30.9 Å². The summed E-state index contributed by atoms with van der Waals surface area (Å²) in [5.41, 5.74) is 1.50. The third kappa shape index (κ3) is 2.85. The fourth-order valence-corrected chi connectivity index (χ4v) is 4.89. The Bertz CT molecular complexity index is 650. The van der Waals surface area contributed by atoms with Crippen LogP contribution in [0.1, 0.15) is 53.9 Å². The Morgan fingerprint density at radius 3 is 2.44 bits per heavy atom. The second-order valence-corrected chi connectivity index (χ2v) is 7.79. The molecule has 0 amide bonds. The van der Waals surface area contributed by atoms with E-state index in [0.29, 0.717) is 6.42 Å². The van der Waals surface area contributed by atoms with Crippen molar-refractivity contribution >= 4 is 17.9 Å².